The van der Waals surface area contributed by atoms with Crippen LogP contribution in [0.25, 0.3) is 0 Å². The van der Waals surface area contributed by atoms with Crippen LogP contribution in [0.1, 0.15) is 19.8 Å². The highest BCUT2D eigenvalue weighted by Crippen LogP contribution is 1.93. The maximum atomic E-state index is 10.7. The number of amides is 1. The molecule has 0 aliphatic rings. The summed E-state index contributed by atoms with van der Waals surface area (Å²) in [6.45, 7) is 1.61. The number of aldehydes is 1. The number of hydrazine groups is 1. The molecule has 0 radical (unpaired) electrons. The lowest BCUT2D eigenvalue weighted by molar-refractivity contribution is -0.525. The molecule has 0 saturated heterocycles. The van der Waals surface area contributed by atoms with E-state index in [1.54, 1.807) is 5.43 Å². The number of rotatable bonds is 7. The Hall–Kier alpha value is -2.19. The van der Waals surface area contributed by atoms with E-state index < -0.39 is 17.0 Å². The highest BCUT2D eigenvalue weighted by molar-refractivity contribution is 5.77. The first-order valence-electron chi connectivity index (χ1n) is 4.91. The van der Waals surface area contributed by atoms with Crippen LogP contribution in [0.5, 0.6) is 0 Å². The Morgan fingerprint density at radius 1 is 1.59 bits per heavy atom. The van der Waals surface area contributed by atoms with Crippen LogP contribution in [0.4, 0.5) is 0 Å². The molecule has 9 heteroatoms. The summed E-state index contributed by atoms with van der Waals surface area (Å²) in [6.07, 6.45) is 1.52. The van der Waals surface area contributed by atoms with Gasteiger partial charge in [0, 0.05) is 13.5 Å². The van der Waals surface area contributed by atoms with E-state index >= 15 is 0 Å². The Balaban J connectivity index is 3.68. The second-order valence-electron chi connectivity index (χ2n) is 3.26. The molecule has 0 bridgehead atoms. The molecule has 9 nitrogen and oxygen atoms in total. The molecule has 0 rings (SSSR count). The summed E-state index contributed by atoms with van der Waals surface area (Å²) < 4.78 is 0. The van der Waals surface area contributed by atoms with Gasteiger partial charge in [-0.3, -0.25) is 10.2 Å². The van der Waals surface area contributed by atoms with Gasteiger partial charge >= 0.3 is 0 Å². The van der Waals surface area contributed by atoms with Crippen LogP contribution >= 0.6 is 0 Å². The van der Waals surface area contributed by atoms with E-state index in [9.17, 15) is 19.7 Å². The lowest BCUT2D eigenvalue weighted by atomic mass is 10.2. The highest BCUT2D eigenvalue weighted by Gasteiger charge is 2.08. The Morgan fingerprint density at radius 2 is 2.24 bits per heavy atom. The van der Waals surface area contributed by atoms with E-state index in [0.717, 1.165) is 0 Å². The Bertz CT molecular complexity index is 306. The predicted molar refractivity (Wildman–Crippen MR) is 58.8 cm³/mol. The van der Waals surface area contributed by atoms with Gasteiger partial charge in [-0.05, 0) is 12.8 Å². The van der Waals surface area contributed by atoms with Crippen molar-refractivity contribution in [1.82, 2.24) is 16.1 Å². The summed E-state index contributed by atoms with van der Waals surface area (Å²) in [4.78, 5) is 31.1. The minimum atomic E-state index is -0.846. The zero-order chi connectivity index (χ0) is 13.3. The standard InChI is InChI=1S/C8H15N5O4/c1-6(15)11-7(5-14)3-2-4-10-8(9)12-13(16)17/h5,7H,2-4H2,1H3,(H,11,15)(H3,9,10,12). The Labute approximate surface area is 97.6 Å². The van der Waals surface area contributed by atoms with Gasteiger partial charge in [-0.1, -0.05) is 5.43 Å². The summed E-state index contributed by atoms with van der Waals surface area (Å²) >= 11 is 0. The molecule has 0 aromatic carbocycles. The minimum absolute atomic E-state index is 0.294. The van der Waals surface area contributed by atoms with Crippen LogP contribution in [0.15, 0.2) is 0 Å². The average molecular weight is 245 g/mol. The van der Waals surface area contributed by atoms with Gasteiger partial charge in [-0.25, -0.2) is 10.1 Å². The molecule has 4 N–H and O–H groups in total. The molecule has 0 aliphatic carbocycles. The van der Waals surface area contributed by atoms with Crippen LogP contribution in [0, 0.1) is 15.5 Å². The summed E-state index contributed by atoms with van der Waals surface area (Å²) in [7, 11) is 0. The monoisotopic (exact) mass is 245 g/mol. The molecule has 1 amide bonds. The molecule has 1 unspecified atom stereocenters. The van der Waals surface area contributed by atoms with Crippen molar-refractivity contribution < 1.29 is 14.6 Å². The number of carbonyl (C=O) groups excluding carboxylic acids is 2. The smallest absolute Gasteiger partial charge is 0.251 e. The van der Waals surface area contributed by atoms with E-state index in [-0.39, 0.29) is 5.91 Å². The third-order valence-electron chi connectivity index (χ3n) is 1.75. The van der Waals surface area contributed by atoms with E-state index in [0.29, 0.717) is 25.7 Å². The molecule has 0 spiro atoms. The molecular formula is C8H15N5O4. The molecule has 1 atom stereocenters. The number of nitrogens with one attached hydrogen (secondary N) is 4. The molecule has 0 aliphatic heterocycles. The molecule has 0 fully saturated rings. The van der Waals surface area contributed by atoms with Crippen LogP contribution in [-0.2, 0) is 9.59 Å². The first-order valence-corrected chi connectivity index (χ1v) is 4.91. The van der Waals surface area contributed by atoms with E-state index in [1.165, 1.54) is 6.92 Å². The number of nitro groups is 1. The van der Waals surface area contributed by atoms with Gasteiger partial charge in [-0.2, -0.15) is 0 Å². The maximum absolute atomic E-state index is 10.7. The maximum Gasteiger partial charge on any atom is 0.251 e. The van der Waals surface area contributed by atoms with Gasteiger partial charge in [-0.15, -0.1) is 0 Å². The molecule has 96 valence electrons. The second kappa shape index (κ2) is 8.02. The Morgan fingerprint density at radius 3 is 2.71 bits per heavy atom. The molecule has 0 saturated carbocycles. The van der Waals surface area contributed by atoms with Crippen molar-refractivity contribution in [1.29, 1.82) is 5.41 Å². The lowest BCUT2D eigenvalue weighted by Gasteiger charge is -2.11. The number of guanidine groups is 1. The number of nitrogens with zero attached hydrogens (tertiary/aromatic N) is 1. The number of hydrogen-bond donors (Lipinski definition) is 4. The van der Waals surface area contributed by atoms with Crippen LogP contribution in [0.3, 0.4) is 0 Å². The van der Waals surface area contributed by atoms with Crippen molar-refractivity contribution in [3.8, 4) is 0 Å². The van der Waals surface area contributed by atoms with E-state index in [2.05, 4.69) is 10.6 Å². The number of carbonyl (C=O) groups is 2. The van der Waals surface area contributed by atoms with E-state index in [1.807, 2.05) is 0 Å². The molecule has 0 heterocycles. The Kier molecular flexibility index (Phi) is 6.99. The lowest BCUT2D eigenvalue weighted by Crippen LogP contribution is -2.40. The third-order valence-corrected chi connectivity index (χ3v) is 1.75. The van der Waals surface area contributed by atoms with Crippen LogP contribution in [-0.4, -0.2) is 35.8 Å². The number of hydrogen-bond acceptors (Lipinski definition) is 5. The van der Waals surface area contributed by atoms with Crippen molar-refractivity contribution in [2.24, 2.45) is 0 Å². The van der Waals surface area contributed by atoms with Crippen molar-refractivity contribution in [2.75, 3.05) is 6.54 Å². The highest BCUT2D eigenvalue weighted by atomic mass is 16.7. The summed E-state index contributed by atoms with van der Waals surface area (Å²) in [5, 5.41) is 21.0. The minimum Gasteiger partial charge on any atom is -0.352 e. The summed E-state index contributed by atoms with van der Waals surface area (Å²) in [5.74, 6) is -0.713. The van der Waals surface area contributed by atoms with E-state index in [4.69, 9.17) is 5.41 Å². The second-order valence-corrected chi connectivity index (χ2v) is 3.26. The summed E-state index contributed by atoms with van der Waals surface area (Å²) in [6, 6.07) is -0.563. The SMILES string of the molecule is CC(=O)NC(C=O)CCCNC(=N)N[N+](=O)[O-]. The van der Waals surface area contributed by atoms with Crippen molar-refractivity contribution in [3.05, 3.63) is 10.1 Å². The third kappa shape index (κ3) is 8.78. The summed E-state index contributed by atoms with van der Waals surface area (Å²) in [5.41, 5.74) is 1.63. The zero-order valence-electron chi connectivity index (χ0n) is 9.36. The average Bonchev–Trinajstić information content (AvgIpc) is 2.20. The quantitative estimate of drug-likeness (QED) is 0.111. The van der Waals surface area contributed by atoms with Gasteiger partial charge in [0.2, 0.25) is 5.91 Å². The van der Waals surface area contributed by atoms with Crippen LogP contribution in [0.2, 0.25) is 0 Å². The first-order chi connectivity index (χ1) is 7.95. The predicted octanol–water partition coefficient (Wildman–Crippen LogP) is -1.22. The van der Waals surface area contributed by atoms with Gasteiger partial charge < -0.3 is 15.4 Å². The van der Waals surface area contributed by atoms with Crippen LogP contribution < -0.4 is 16.1 Å². The van der Waals surface area contributed by atoms with Gasteiger partial charge in [0.05, 0.1) is 6.04 Å². The zero-order valence-corrected chi connectivity index (χ0v) is 9.36. The normalized spacial score (nSPS) is 11.1. The van der Waals surface area contributed by atoms with Gasteiger partial charge in [0.25, 0.3) is 5.96 Å². The van der Waals surface area contributed by atoms with Gasteiger partial charge in [0.1, 0.15) is 6.29 Å². The van der Waals surface area contributed by atoms with Crippen molar-refractivity contribution in [3.63, 3.8) is 0 Å². The molecule has 0 aromatic heterocycles. The fourth-order valence-corrected chi connectivity index (χ4v) is 1.10. The van der Waals surface area contributed by atoms with Crippen molar-refractivity contribution >= 4 is 18.2 Å². The topological polar surface area (TPSA) is 137 Å². The molecular weight excluding hydrogens is 230 g/mol. The van der Waals surface area contributed by atoms with Crippen molar-refractivity contribution in [2.45, 2.75) is 25.8 Å². The fraction of sp³-hybridized carbons (Fsp3) is 0.625. The largest absolute Gasteiger partial charge is 0.352 e. The van der Waals surface area contributed by atoms with Gasteiger partial charge in [0.15, 0.2) is 5.03 Å². The molecule has 17 heavy (non-hydrogen) atoms. The molecule has 0 aromatic rings. The first kappa shape index (κ1) is 14.8. The fourth-order valence-electron chi connectivity index (χ4n) is 1.10.